The lowest BCUT2D eigenvalue weighted by atomic mass is 9.90. The van der Waals surface area contributed by atoms with Crippen molar-refractivity contribution in [2.45, 2.75) is 38.5 Å². The molecular formula is C21H24N4OS. The quantitative estimate of drug-likeness (QED) is 0.709. The molecule has 0 aliphatic carbocycles. The van der Waals surface area contributed by atoms with E-state index in [9.17, 15) is 4.79 Å². The van der Waals surface area contributed by atoms with E-state index in [0.29, 0.717) is 12.2 Å². The first-order valence-electron chi connectivity index (χ1n) is 9.58. The van der Waals surface area contributed by atoms with Crippen LogP contribution in [0.2, 0.25) is 0 Å². The number of piperidine rings is 1. The first-order chi connectivity index (χ1) is 13.3. The molecule has 3 aromatic rings. The highest BCUT2D eigenvalue weighted by molar-refractivity contribution is 7.09. The highest BCUT2D eigenvalue weighted by Gasteiger charge is 2.29. The molecular weight excluding hydrogens is 356 g/mol. The maximum atomic E-state index is 12.9. The lowest BCUT2D eigenvalue weighted by Gasteiger charge is -2.32. The molecule has 4 rings (SSSR count). The van der Waals surface area contributed by atoms with Crippen LogP contribution >= 0.6 is 11.3 Å². The number of nitrogens with one attached hydrogen (secondary N) is 1. The number of rotatable bonds is 5. The molecule has 0 radical (unpaired) electrons. The van der Waals surface area contributed by atoms with Crippen molar-refractivity contribution in [3.05, 3.63) is 58.3 Å². The van der Waals surface area contributed by atoms with Crippen molar-refractivity contribution < 1.29 is 4.79 Å². The van der Waals surface area contributed by atoms with Gasteiger partial charge >= 0.3 is 0 Å². The summed E-state index contributed by atoms with van der Waals surface area (Å²) in [6.07, 6.45) is 5.94. The largest absolute Gasteiger partial charge is 0.337 e. The highest BCUT2D eigenvalue weighted by Crippen LogP contribution is 2.33. The summed E-state index contributed by atoms with van der Waals surface area (Å²) in [6, 6.07) is 10.3. The second kappa shape index (κ2) is 8.05. The molecule has 0 unspecified atom stereocenters. The predicted octanol–water partition coefficient (Wildman–Crippen LogP) is 4.51. The van der Waals surface area contributed by atoms with Gasteiger partial charge in [-0.2, -0.15) is 5.10 Å². The fourth-order valence-electron chi connectivity index (χ4n) is 3.75. The minimum absolute atomic E-state index is 0.0547. The van der Waals surface area contributed by atoms with Crippen LogP contribution in [-0.2, 0) is 6.42 Å². The Morgan fingerprint density at radius 3 is 3.00 bits per heavy atom. The fourth-order valence-corrected chi connectivity index (χ4v) is 4.63. The van der Waals surface area contributed by atoms with E-state index < -0.39 is 0 Å². The molecule has 1 saturated heterocycles. The highest BCUT2D eigenvalue weighted by atomic mass is 32.1. The van der Waals surface area contributed by atoms with Gasteiger partial charge < -0.3 is 4.90 Å². The van der Waals surface area contributed by atoms with Gasteiger partial charge in [0.25, 0.3) is 5.91 Å². The minimum atomic E-state index is 0.0547. The molecule has 0 spiro atoms. The van der Waals surface area contributed by atoms with Crippen LogP contribution in [0.15, 0.2) is 41.9 Å². The molecule has 1 aliphatic rings. The van der Waals surface area contributed by atoms with Crippen LogP contribution < -0.4 is 0 Å². The molecule has 1 N–H and O–H groups in total. The van der Waals surface area contributed by atoms with Crippen molar-refractivity contribution >= 4 is 17.2 Å². The Morgan fingerprint density at radius 2 is 2.19 bits per heavy atom. The maximum absolute atomic E-state index is 12.9. The number of benzene rings is 1. The number of aromatic nitrogens is 3. The van der Waals surface area contributed by atoms with Gasteiger partial charge in [-0.1, -0.05) is 37.3 Å². The molecule has 1 aromatic carbocycles. The van der Waals surface area contributed by atoms with E-state index in [0.717, 1.165) is 54.1 Å². The van der Waals surface area contributed by atoms with Gasteiger partial charge in [0, 0.05) is 35.6 Å². The molecule has 0 bridgehead atoms. The van der Waals surface area contributed by atoms with Crippen LogP contribution in [0.1, 0.15) is 53.3 Å². The van der Waals surface area contributed by atoms with Gasteiger partial charge in [0.2, 0.25) is 0 Å². The standard InChI is InChI=1S/C21H24N4OS/c1-2-7-19-23-18(14-27-19)21(26)25-11-6-10-16(13-25)20-17(12-22-24-20)15-8-4-3-5-9-15/h3-5,8-9,12,14,16H,2,6-7,10-11,13H2,1H3,(H,22,24)/t16-/m1/s1. The summed E-state index contributed by atoms with van der Waals surface area (Å²) in [5.74, 6) is 0.327. The zero-order valence-electron chi connectivity index (χ0n) is 15.5. The Labute approximate surface area is 163 Å². The molecule has 27 heavy (non-hydrogen) atoms. The third kappa shape index (κ3) is 3.81. The number of H-pyrrole nitrogens is 1. The molecule has 5 nitrogen and oxygen atoms in total. The molecule has 1 atom stereocenters. The Hall–Kier alpha value is -2.47. The molecule has 2 aromatic heterocycles. The summed E-state index contributed by atoms with van der Waals surface area (Å²) in [4.78, 5) is 19.4. The zero-order chi connectivity index (χ0) is 18.6. The van der Waals surface area contributed by atoms with Gasteiger partial charge in [-0.05, 0) is 31.2 Å². The Morgan fingerprint density at radius 1 is 1.33 bits per heavy atom. The van der Waals surface area contributed by atoms with Crippen molar-refractivity contribution in [1.82, 2.24) is 20.1 Å². The number of hydrogen-bond donors (Lipinski definition) is 1. The van der Waals surface area contributed by atoms with Gasteiger partial charge in [-0.15, -0.1) is 11.3 Å². The average Bonchev–Trinajstić information content (AvgIpc) is 3.38. The second-order valence-corrected chi connectivity index (χ2v) is 7.97. The van der Waals surface area contributed by atoms with Gasteiger partial charge in [-0.25, -0.2) is 4.98 Å². The Balaban J connectivity index is 1.52. The van der Waals surface area contributed by atoms with Crippen molar-refractivity contribution in [1.29, 1.82) is 0 Å². The van der Waals surface area contributed by atoms with Crippen LogP contribution in [0, 0.1) is 0 Å². The second-order valence-electron chi connectivity index (χ2n) is 7.03. The van der Waals surface area contributed by atoms with Crippen molar-refractivity contribution in [3.63, 3.8) is 0 Å². The van der Waals surface area contributed by atoms with E-state index in [1.807, 2.05) is 34.7 Å². The lowest BCUT2D eigenvalue weighted by molar-refractivity contribution is 0.0700. The SMILES string of the molecule is CCCc1nc(C(=O)N2CCC[C@@H](c3[nH]ncc3-c3ccccc3)C2)cs1. The van der Waals surface area contributed by atoms with Crippen LogP contribution in [0.4, 0.5) is 0 Å². The third-order valence-electron chi connectivity index (χ3n) is 5.11. The van der Waals surface area contributed by atoms with Gasteiger partial charge in [0.05, 0.1) is 11.2 Å². The number of aromatic amines is 1. The number of nitrogens with zero attached hydrogens (tertiary/aromatic N) is 3. The van der Waals surface area contributed by atoms with E-state index in [4.69, 9.17) is 0 Å². The molecule has 1 fully saturated rings. The molecule has 0 saturated carbocycles. The molecule has 6 heteroatoms. The Bertz CT molecular complexity index is 902. The third-order valence-corrected chi connectivity index (χ3v) is 6.01. The smallest absolute Gasteiger partial charge is 0.273 e. The minimum Gasteiger partial charge on any atom is -0.337 e. The van der Waals surface area contributed by atoms with E-state index in [-0.39, 0.29) is 11.8 Å². The summed E-state index contributed by atoms with van der Waals surface area (Å²) < 4.78 is 0. The van der Waals surface area contributed by atoms with Crippen LogP contribution in [0.5, 0.6) is 0 Å². The van der Waals surface area contributed by atoms with E-state index in [1.165, 1.54) is 0 Å². The molecule has 3 heterocycles. The monoisotopic (exact) mass is 380 g/mol. The molecule has 1 aliphatic heterocycles. The number of aryl methyl sites for hydroxylation is 1. The zero-order valence-corrected chi connectivity index (χ0v) is 16.3. The van der Waals surface area contributed by atoms with Gasteiger partial charge in [0.15, 0.2) is 0 Å². The topological polar surface area (TPSA) is 61.9 Å². The van der Waals surface area contributed by atoms with Crippen molar-refractivity contribution in [3.8, 4) is 11.1 Å². The van der Waals surface area contributed by atoms with Crippen LogP contribution in [0.3, 0.4) is 0 Å². The first kappa shape index (κ1) is 17.9. The van der Waals surface area contributed by atoms with E-state index in [1.54, 1.807) is 11.3 Å². The molecule has 140 valence electrons. The number of carbonyl (C=O) groups is 1. The van der Waals surface area contributed by atoms with Crippen molar-refractivity contribution in [2.75, 3.05) is 13.1 Å². The maximum Gasteiger partial charge on any atom is 0.273 e. The predicted molar refractivity (Wildman–Crippen MR) is 108 cm³/mol. The van der Waals surface area contributed by atoms with Gasteiger partial charge in [-0.3, -0.25) is 9.89 Å². The number of amides is 1. The van der Waals surface area contributed by atoms with Crippen molar-refractivity contribution in [2.24, 2.45) is 0 Å². The summed E-state index contributed by atoms with van der Waals surface area (Å²) >= 11 is 1.59. The summed E-state index contributed by atoms with van der Waals surface area (Å²) in [6.45, 7) is 3.64. The van der Waals surface area contributed by atoms with Gasteiger partial charge in [0.1, 0.15) is 5.69 Å². The average molecular weight is 381 g/mol. The number of thiazole rings is 1. The lowest BCUT2D eigenvalue weighted by Crippen LogP contribution is -2.39. The number of hydrogen-bond acceptors (Lipinski definition) is 4. The Kier molecular flexibility index (Phi) is 5.34. The number of likely N-dealkylation sites (tertiary alicyclic amines) is 1. The van der Waals surface area contributed by atoms with Crippen LogP contribution in [-0.4, -0.2) is 39.1 Å². The molecule has 1 amide bonds. The normalized spacial score (nSPS) is 17.2. The summed E-state index contributed by atoms with van der Waals surface area (Å²) in [5, 5.41) is 10.4. The first-order valence-corrected chi connectivity index (χ1v) is 10.5. The van der Waals surface area contributed by atoms with Crippen LogP contribution in [0.25, 0.3) is 11.1 Å². The summed E-state index contributed by atoms with van der Waals surface area (Å²) in [5.41, 5.74) is 4.02. The fraction of sp³-hybridized carbons (Fsp3) is 0.381. The van der Waals surface area contributed by atoms with E-state index >= 15 is 0 Å². The summed E-state index contributed by atoms with van der Waals surface area (Å²) in [7, 11) is 0. The van der Waals surface area contributed by atoms with E-state index in [2.05, 4.69) is 34.2 Å². The number of carbonyl (C=O) groups excluding carboxylic acids is 1.